The van der Waals surface area contributed by atoms with Crippen molar-refractivity contribution in [2.45, 2.75) is 35.8 Å². The topological polar surface area (TPSA) is 51.0 Å². The number of halogens is 1. The first-order valence-corrected chi connectivity index (χ1v) is 8.44. The van der Waals surface area contributed by atoms with Crippen LogP contribution in [-0.2, 0) is 11.2 Å². The summed E-state index contributed by atoms with van der Waals surface area (Å²) in [6.07, 6.45) is 2.23. The summed E-state index contributed by atoms with van der Waals surface area (Å²) < 4.78 is 5.48. The van der Waals surface area contributed by atoms with Gasteiger partial charge >= 0.3 is 0 Å². The SMILES string of the molecule is CC1(c2nc(CSc3cccc(Cl)c3)no2)CCCNC1. The Hall–Kier alpha value is -1.04. The maximum atomic E-state index is 5.98. The van der Waals surface area contributed by atoms with E-state index in [0.29, 0.717) is 5.75 Å². The Morgan fingerprint density at radius 1 is 1.48 bits per heavy atom. The molecule has 0 saturated carbocycles. The maximum absolute atomic E-state index is 5.98. The molecular formula is C15H18ClN3OS. The largest absolute Gasteiger partial charge is 0.339 e. The van der Waals surface area contributed by atoms with Crippen LogP contribution < -0.4 is 5.32 Å². The van der Waals surface area contributed by atoms with Crippen molar-refractivity contribution in [1.82, 2.24) is 15.5 Å². The number of thioether (sulfide) groups is 1. The molecule has 2 heterocycles. The molecule has 1 saturated heterocycles. The third-order valence-corrected chi connectivity index (χ3v) is 4.97. The van der Waals surface area contributed by atoms with Crippen molar-refractivity contribution in [3.8, 4) is 0 Å². The number of nitrogens with zero attached hydrogens (tertiary/aromatic N) is 2. The van der Waals surface area contributed by atoms with Crippen LogP contribution in [0.1, 0.15) is 31.5 Å². The first kappa shape index (κ1) is 14.9. The van der Waals surface area contributed by atoms with Crippen LogP contribution in [-0.4, -0.2) is 23.2 Å². The Labute approximate surface area is 133 Å². The van der Waals surface area contributed by atoms with Gasteiger partial charge in [0.15, 0.2) is 5.82 Å². The van der Waals surface area contributed by atoms with Crippen molar-refractivity contribution < 1.29 is 4.52 Å². The molecule has 3 rings (SSSR count). The second-order valence-electron chi connectivity index (χ2n) is 5.60. The number of piperidine rings is 1. The third kappa shape index (κ3) is 3.59. The normalized spacial score (nSPS) is 22.4. The molecule has 6 heteroatoms. The minimum atomic E-state index is -0.0375. The maximum Gasteiger partial charge on any atom is 0.233 e. The molecule has 1 N–H and O–H groups in total. The Morgan fingerprint density at radius 2 is 2.38 bits per heavy atom. The molecule has 1 unspecified atom stereocenters. The number of benzene rings is 1. The van der Waals surface area contributed by atoms with Crippen LogP contribution in [0, 0.1) is 0 Å². The second kappa shape index (κ2) is 6.38. The highest BCUT2D eigenvalue weighted by atomic mass is 35.5. The number of hydrogen-bond acceptors (Lipinski definition) is 5. The zero-order valence-electron chi connectivity index (χ0n) is 11.9. The average molecular weight is 324 g/mol. The van der Waals surface area contributed by atoms with E-state index in [1.54, 1.807) is 11.8 Å². The summed E-state index contributed by atoms with van der Waals surface area (Å²) >= 11 is 7.64. The predicted octanol–water partition coefficient (Wildman–Crippen LogP) is 3.66. The van der Waals surface area contributed by atoms with E-state index >= 15 is 0 Å². The summed E-state index contributed by atoms with van der Waals surface area (Å²) in [5.41, 5.74) is -0.0375. The van der Waals surface area contributed by atoms with Crippen molar-refractivity contribution in [2.24, 2.45) is 0 Å². The Morgan fingerprint density at radius 3 is 3.14 bits per heavy atom. The van der Waals surface area contributed by atoms with Gasteiger partial charge in [0.1, 0.15) is 0 Å². The molecule has 1 aromatic heterocycles. The van der Waals surface area contributed by atoms with Gasteiger partial charge in [-0.3, -0.25) is 0 Å². The smallest absolute Gasteiger partial charge is 0.233 e. The van der Waals surface area contributed by atoms with Crippen LogP contribution in [0.4, 0.5) is 0 Å². The molecule has 1 atom stereocenters. The van der Waals surface area contributed by atoms with Crippen LogP contribution in [0.5, 0.6) is 0 Å². The van der Waals surface area contributed by atoms with E-state index in [0.717, 1.165) is 47.6 Å². The van der Waals surface area contributed by atoms with Gasteiger partial charge in [-0.1, -0.05) is 22.8 Å². The lowest BCUT2D eigenvalue weighted by molar-refractivity contribution is 0.245. The lowest BCUT2D eigenvalue weighted by Crippen LogP contribution is -2.41. The highest BCUT2D eigenvalue weighted by molar-refractivity contribution is 7.98. The lowest BCUT2D eigenvalue weighted by atomic mass is 9.83. The number of hydrogen-bond donors (Lipinski definition) is 1. The third-order valence-electron chi connectivity index (χ3n) is 3.75. The minimum absolute atomic E-state index is 0.0375. The van der Waals surface area contributed by atoms with E-state index in [4.69, 9.17) is 16.1 Å². The molecular weight excluding hydrogens is 306 g/mol. The van der Waals surface area contributed by atoms with Gasteiger partial charge in [-0.2, -0.15) is 4.98 Å². The van der Waals surface area contributed by atoms with Crippen LogP contribution in [0.15, 0.2) is 33.7 Å². The number of aromatic nitrogens is 2. The number of rotatable bonds is 4. The van der Waals surface area contributed by atoms with E-state index in [9.17, 15) is 0 Å². The van der Waals surface area contributed by atoms with E-state index in [1.807, 2.05) is 24.3 Å². The zero-order chi connectivity index (χ0) is 14.7. The van der Waals surface area contributed by atoms with Crippen molar-refractivity contribution in [3.63, 3.8) is 0 Å². The molecule has 4 nitrogen and oxygen atoms in total. The molecule has 1 fully saturated rings. The summed E-state index contributed by atoms with van der Waals surface area (Å²) in [6.45, 7) is 4.15. The molecule has 112 valence electrons. The molecule has 1 aliphatic rings. The Kier molecular flexibility index (Phi) is 4.52. The van der Waals surface area contributed by atoms with Gasteiger partial charge in [0, 0.05) is 16.5 Å². The van der Waals surface area contributed by atoms with E-state index < -0.39 is 0 Å². The van der Waals surface area contributed by atoms with Gasteiger partial charge in [0.25, 0.3) is 0 Å². The number of nitrogens with one attached hydrogen (secondary N) is 1. The van der Waals surface area contributed by atoms with Gasteiger partial charge in [-0.05, 0) is 44.5 Å². The highest BCUT2D eigenvalue weighted by Crippen LogP contribution is 2.30. The molecule has 0 amide bonds. The van der Waals surface area contributed by atoms with Gasteiger partial charge in [0.05, 0.1) is 11.2 Å². The highest BCUT2D eigenvalue weighted by Gasteiger charge is 2.34. The molecule has 1 aromatic carbocycles. The fraction of sp³-hybridized carbons (Fsp3) is 0.467. The Bertz CT molecular complexity index is 610. The standard InChI is InChI=1S/C15H18ClN3OS/c1-15(6-3-7-17-10-15)14-18-13(19-20-14)9-21-12-5-2-4-11(16)8-12/h2,4-5,8,17H,3,6-7,9-10H2,1H3. The lowest BCUT2D eigenvalue weighted by Gasteiger charge is -2.30. The van der Waals surface area contributed by atoms with Crippen LogP contribution in [0.3, 0.4) is 0 Å². The van der Waals surface area contributed by atoms with E-state index in [1.165, 1.54) is 0 Å². The molecule has 1 aliphatic heterocycles. The van der Waals surface area contributed by atoms with Gasteiger partial charge in [-0.25, -0.2) is 0 Å². The molecule has 0 spiro atoms. The molecule has 0 aliphatic carbocycles. The predicted molar refractivity (Wildman–Crippen MR) is 84.8 cm³/mol. The summed E-state index contributed by atoms with van der Waals surface area (Å²) in [4.78, 5) is 5.68. The van der Waals surface area contributed by atoms with Crippen molar-refractivity contribution in [1.29, 1.82) is 0 Å². The van der Waals surface area contributed by atoms with E-state index in [2.05, 4.69) is 22.4 Å². The molecule has 2 aromatic rings. The first-order valence-electron chi connectivity index (χ1n) is 7.08. The van der Waals surface area contributed by atoms with Gasteiger partial charge in [-0.15, -0.1) is 11.8 Å². The van der Waals surface area contributed by atoms with Crippen LogP contribution in [0.2, 0.25) is 5.02 Å². The summed E-state index contributed by atoms with van der Waals surface area (Å²) in [5, 5.41) is 8.25. The minimum Gasteiger partial charge on any atom is -0.339 e. The van der Waals surface area contributed by atoms with Crippen molar-refractivity contribution in [3.05, 3.63) is 41.0 Å². The molecule has 0 bridgehead atoms. The Balaban J connectivity index is 1.65. The second-order valence-corrected chi connectivity index (χ2v) is 7.09. The summed E-state index contributed by atoms with van der Waals surface area (Å²) in [5.74, 6) is 2.17. The van der Waals surface area contributed by atoms with Crippen molar-refractivity contribution >= 4 is 23.4 Å². The monoisotopic (exact) mass is 323 g/mol. The zero-order valence-corrected chi connectivity index (χ0v) is 13.5. The first-order chi connectivity index (χ1) is 10.2. The summed E-state index contributed by atoms with van der Waals surface area (Å²) in [7, 11) is 0. The van der Waals surface area contributed by atoms with Gasteiger partial charge in [0.2, 0.25) is 5.89 Å². The fourth-order valence-electron chi connectivity index (χ4n) is 2.50. The van der Waals surface area contributed by atoms with E-state index in [-0.39, 0.29) is 5.41 Å². The fourth-order valence-corrected chi connectivity index (χ4v) is 3.55. The average Bonchev–Trinajstić information content (AvgIpc) is 2.96. The molecule has 21 heavy (non-hydrogen) atoms. The van der Waals surface area contributed by atoms with Crippen LogP contribution in [0.25, 0.3) is 0 Å². The van der Waals surface area contributed by atoms with Crippen molar-refractivity contribution in [2.75, 3.05) is 13.1 Å². The van der Waals surface area contributed by atoms with Crippen LogP contribution >= 0.6 is 23.4 Å². The van der Waals surface area contributed by atoms with Gasteiger partial charge < -0.3 is 9.84 Å². The quantitative estimate of drug-likeness (QED) is 0.870. The summed E-state index contributed by atoms with van der Waals surface area (Å²) in [6, 6.07) is 7.79. The molecule has 0 radical (unpaired) electrons.